The lowest BCUT2D eigenvalue weighted by molar-refractivity contribution is -0.144. The number of hydrogen-bond donors (Lipinski definition) is 1. The van der Waals surface area contributed by atoms with Crippen LogP contribution in [0.25, 0.3) is 0 Å². The van der Waals surface area contributed by atoms with Crippen LogP contribution in [-0.2, 0) is 19.9 Å². The predicted octanol–water partition coefficient (Wildman–Crippen LogP) is 0.782. The van der Waals surface area contributed by atoms with E-state index in [1.54, 1.807) is 13.0 Å². The van der Waals surface area contributed by atoms with Gasteiger partial charge in [0.2, 0.25) is 5.60 Å². The summed E-state index contributed by atoms with van der Waals surface area (Å²) in [6.45, 7) is 5.54. The third kappa shape index (κ3) is 1.95. The topological polar surface area (TPSA) is 83.9 Å². The molecule has 1 heterocycles. The summed E-state index contributed by atoms with van der Waals surface area (Å²) in [4.78, 5) is 36.4. The third-order valence-corrected chi connectivity index (χ3v) is 3.58. The van der Waals surface area contributed by atoms with Gasteiger partial charge in [0.05, 0.1) is 18.4 Å². The molecule has 1 unspecified atom stereocenters. The van der Waals surface area contributed by atoms with Crippen molar-refractivity contribution < 1.29 is 24.2 Å². The number of hydrogen-bond acceptors (Lipinski definition) is 5. The van der Waals surface area contributed by atoms with Crippen molar-refractivity contribution >= 4 is 23.9 Å². The molecule has 0 aromatic heterocycles. The molecule has 6 heteroatoms. The predicted molar refractivity (Wildman–Crippen MR) is 74.9 cm³/mol. The van der Waals surface area contributed by atoms with Crippen LogP contribution in [0.3, 0.4) is 0 Å². The number of rotatable bonds is 4. The van der Waals surface area contributed by atoms with Gasteiger partial charge in [-0.2, -0.15) is 0 Å². The smallest absolute Gasteiger partial charge is 0.336 e. The lowest BCUT2D eigenvalue weighted by Gasteiger charge is -2.23. The molecule has 1 aliphatic heterocycles. The molecular formula is C15H15NO5. The molecule has 1 atom stereocenters. The van der Waals surface area contributed by atoms with Crippen molar-refractivity contribution in [2.75, 3.05) is 18.6 Å². The van der Waals surface area contributed by atoms with Gasteiger partial charge in [-0.1, -0.05) is 6.58 Å². The number of nitrogens with zero attached hydrogens (tertiary/aromatic N) is 1. The molecule has 1 aromatic carbocycles. The number of aldehydes is 1. The van der Waals surface area contributed by atoms with Gasteiger partial charge in [0.25, 0.3) is 5.91 Å². The van der Waals surface area contributed by atoms with Gasteiger partial charge in [-0.05, 0) is 25.1 Å². The highest BCUT2D eigenvalue weighted by Gasteiger charge is 2.53. The van der Waals surface area contributed by atoms with E-state index in [1.807, 2.05) is 0 Å². The zero-order valence-electron chi connectivity index (χ0n) is 11.8. The second kappa shape index (κ2) is 5.14. The number of carbonyl (C=O) groups excluding carboxylic acids is 3. The zero-order chi connectivity index (χ0) is 15.8. The molecule has 2 rings (SSSR count). The lowest BCUT2D eigenvalue weighted by atomic mass is 9.87. The second-order valence-corrected chi connectivity index (χ2v) is 4.62. The number of likely N-dealkylation sites (N-methyl/N-ethyl adjacent to an activating group) is 1. The van der Waals surface area contributed by atoms with Gasteiger partial charge in [0.1, 0.15) is 6.29 Å². The summed E-state index contributed by atoms with van der Waals surface area (Å²) in [6, 6.07) is 4.47. The lowest BCUT2D eigenvalue weighted by Crippen LogP contribution is -2.43. The first-order chi connectivity index (χ1) is 9.91. The summed E-state index contributed by atoms with van der Waals surface area (Å²) in [7, 11) is 1.14. The van der Waals surface area contributed by atoms with Crippen LogP contribution >= 0.6 is 0 Å². The van der Waals surface area contributed by atoms with E-state index in [0.29, 0.717) is 18.5 Å². The Hall–Kier alpha value is -2.47. The van der Waals surface area contributed by atoms with Crippen LogP contribution in [0, 0.1) is 0 Å². The van der Waals surface area contributed by atoms with Crippen LogP contribution in [0.2, 0.25) is 0 Å². The van der Waals surface area contributed by atoms with E-state index < -0.39 is 17.5 Å². The molecule has 0 spiro atoms. The summed E-state index contributed by atoms with van der Waals surface area (Å²) < 4.78 is 4.54. The number of anilines is 1. The maximum absolute atomic E-state index is 12.5. The standard InChI is InChI=1S/C15H15NO5/c1-4-16-12-6-5-10(8-17)7-11(12)15(20,14(16)19)9(2)13(18)21-3/h5-8,20H,2,4H2,1,3H3. The number of aliphatic hydroxyl groups is 1. The van der Waals surface area contributed by atoms with Crippen molar-refractivity contribution in [1.29, 1.82) is 0 Å². The number of methoxy groups -OCH3 is 1. The number of carbonyl (C=O) groups is 3. The normalized spacial score (nSPS) is 20.1. The molecule has 0 saturated heterocycles. The van der Waals surface area contributed by atoms with Gasteiger partial charge in [0, 0.05) is 17.7 Å². The van der Waals surface area contributed by atoms with E-state index in [0.717, 1.165) is 7.11 Å². The van der Waals surface area contributed by atoms with Crippen LogP contribution in [0.4, 0.5) is 5.69 Å². The molecule has 0 saturated carbocycles. The Labute approximate surface area is 121 Å². The van der Waals surface area contributed by atoms with E-state index >= 15 is 0 Å². The highest BCUT2D eigenvalue weighted by molar-refractivity contribution is 6.14. The minimum atomic E-state index is -2.21. The van der Waals surface area contributed by atoms with Gasteiger partial charge in [-0.15, -0.1) is 0 Å². The Bertz CT molecular complexity index is 651. The van der Waals surface area contributed by atoms with Crippen molar-refractivity contribution in [2.24, 2.45) is 0 Å². The molecule has 0 fully saturated rings. The maximum Gasteiger partial charge on any atom is 0.336 e. The van der Waals surface area contributed by atoms with Crippen molar-refractivity contribution in [1.82, 2.24) is 0 Å². The first-order valence-electron chi connectivity index (χ1n) is 6.33. The van der Waals surface area contributed by atoms with Crippen LogP contribution in [0.15, 0.2) is 30.4 Å². The van der Waals surface area contributed by atoms with E-state index in [2.05, 4.69) is 11.3 Å². The van der Waals surface area contributed by atoms with Crippen molar-refractivity contribution in [3.05, 3.63) is 41.5 Å². The molecule has 0 radical (unpaired) electrons. The molecule has 0 bridgehead atoms. The number of amides is 1. The van der Waals surface area contributed by atoms with Gasteiger partial charge in [-0.25, -0.2) is 4.79 Å². The molecular weight excluding hydrogens is 274 g/mol. The maximum atomic E-state index is 12.5. The fourth-order valence-electron chi connectivity index (χ4n) is 2.45. The second-order valence-electron chi connectivity index (χ2n) is 4.62. The average molecular weight is 289 g/mol. The van der Waals surface area contributed by atoms with E-state index in [4.69, 9.17) is 0 Å². The summed E-state index contributed by atoms with van der Waals surface area (Å²) in [5, 5.41) is 10.8. The number of fused-ring (bicyclic) bond motifs is 1. The van der Waals surface area contributed by atoms with Crippen LogP contribution in [0.1, 0.15) is 22.8 Å². The molecule has 0 aliphatic carbocycles. The van der Waals surface area contributed by atoms with E-state index in [-0.39, 0.29) is 16.7 Å². The third-order valence-electron chi connectivity index (χ3n) is 3.58. The summed E-state index contributed by atoms with van der Waals surface area (Å²) in [5.74, 6) is -1.57. The molecule has 1 N–H and O–H groups in total. The van der Waals surface area contributed by atoms with Gasteiger partial charge in [-0.3, -0.25) is 9.59 Å². The Kier molecular flexibility index (Phi) is 3.65. The largest absolute Gasteiger partial charge is 0.466 e. The first-order valence-corrected chi connectivity index (χ1v) is 6.33. The molecule has 1 aromatic rings. The fourth-order valence-corrected chi connectivity index (χ4v) is 2.45. The van der Waals surface area contributed by atoms with E-state index in [9.17, 15) is 19.5 Å². The SMILES string of the molecule is C=C(C(=O)OC)C1(O)C(=O)N(CC)c2ccc(C=O)cc21. The highest BCUT2D eigenvalue weighted by Crippen LogP contribution is 2.44. The Balaban J connectivity index is 2.68. The molecule has 21 heavy (non-hydrogen) atoms. The zero-order valence-corrected chi connectivity index (χ0v) is 11.8. The fraction of sp³-hybridized carbons (Fsp3) is 0.267. The number of ether oxygens (including phenoxy) is 1. The Morgan fingerprint density at radius 1 is 1.52 bits per heavy atom. The Morgan fingerprint density at radius 2 is 2.19 bits per heavy atom. The van der Waals surface area contributed by atoms with Crippen molar-refractivity contribution in [2.45, 2.75) is 12.5 Å². The molecule has 6 nitrogen and oxygen atoms in total. The van der Waals surface area contributed by atoms with Crippen molar-refractivity contribution in [3.63, 3.8) is 0 Å². The average Bonchev–Trinajstić information content (AvgIpc) is 2.74. The van der Waals surface area contributed by atoms with Crippen molar-refractivity contribution in [3.8, 4) is 0 Å². The van der Waals surface area contributed by atoms with Crippen LogP contribution < -0.4 is 4.90 Å². The molecule has 1 aliphatic rings. The summed E-state index contributed by atoms with van der Waals surface area (Å²) >= 11 is 0. The minimum Gasteiger partial charge on any atom is -0.466 e. The van der Waals surface area contributed by atoms with Crippen LogP contribution in [-0.4, -0.2) is 36.9 Å². The Morgan fingerprint density at radius 3 is 2.71 bits per heavy atom. The number of esters is 1. The van der Waals surface area contributed by atoms with Gasteiger partial charge in [0.15, 0.2) is 0 Å². The van der Waals surface area contributed by atoms with E-state index in [1.165, 1.54) is 17.0 Å². The highest BCUT2D eigenvalue weighted by atomic mass is 16.5. The van der Waals surface area contributed by atoms with Crippen LogP contribution in [0.5, 0.6) is 0 Å². The van der Waals surface area contributed by atoms with Gasteiger partial charge < -0.3 is 14.7 Å². The summed E-state index contributed by atoms with van der Waals surface area (Å²) in [6.07, 6.45) is 0.598. The number of benzene rings is 1. The summed E-state index contributed by atoms with van der Waals surface area (Å²) in [5.41, 5.74) is -1.70. The van der Waals surface area contributed by atoms with Gasteiger partial charge >= 0.3 is 5.97 Å². The monoisotopic (exact) mass is 289 g/mol. The minimum absolute atomic E-state index is 0.161. The molecule has 1 amide bonds. The quantitative estimate of drug-likeness (QED) is 0.503. The molecule has 110 valence electrons. The first kappa shape index (κ1) is 14.9.